The maximum absolute atomic E-state index is 13.1. The van der Waals surface area contributed by atoms with Gasteiger partial charge in [-0.2, -0.15) is 0 Å². The van der Waals surface area contributed by atoms with E-state index in [0.717, 1.165) is 25.9 Å². The number of rotatable bonds is 3. The minimum atomic E-state index is -0.170. The number of nitrogens with zero attached hydrogens (tertiary/aromatic N) is 2. The van der Waals surface area contributed by atoms with Gasteiger partial charge in [0.25, 0.3) is 0 Å². The standard InChI is InChI=1S/C16H27N3O3.ClH/c1-22-11-14(20)18-6-8-19(9-7-18)15(21)16-5-3-2-4-13(16)10-17-12-16;/h13,17H,2-12H2,1H3;1H/t13-,16+;/m0./s1. The second-order valence-electron chi connectivity index (χ2n) is 6.84. The van der Waals surface area contributed by atoms with Gasteiger partial charge in [-0.3, -0.25) is 9.59 Å². The Hall–Kier alpha value is -0.850. The van der Waals surface area contributed by atoms with Crippen LogP contribution in [-0.2, 0) is 14.3 Å². The van der Waals surface area contributed by atoms with E-state index in [1.807, 2.05) is 4.90 Å². The number of fused-ring (bicyclic) bond motifs is 1. The fourth-order valence-electron chi connectivity index (χ4n) is 4.36. The molecule has 23 heavy (non-hydrogen) atoms. The Morgan fingerprint density at radius 3 is 2.57 bits per heavy atom. The molecule has 3 rings (SSSR count). The van der Waals surface area contributed by atoms with Crippen LogP contribution in [0.5, 0.6) is 0 Å². The van der Waals surface area contributed by atoms with Crippen LogP contribution in [0.3, 0.4) is 0 Å². The van der Waals surface area contributed by atoms with E-state index >= 15 is 0 Å². The molecule has 0 aromatic heterocycles. The number of hydrogen-bond acceptors (Lipinski definition) is 4. The van der Waals surface area contributed by atoms with Gasteiger partial charge in [0.05, 0.1) is 5.41 Å². The van der Waals surface area contributed by atoms with E-state index in [1.54, 1.807) is 4.90 Å². The molecule has 0 radical (unpaired) electrons. The molecule has 2 saturated heterocycles. The lowest BCUT2D eigenvalue weighted by molar-refractivity contribution is -0.150. The summed E-state index contributed by atoms with van der Waals surface area (Å²) < 4.78 is 4.90. The van der Waals surface area contributed by atoms with Crippen LogP contribution in [0.25, 0.3) is 0 Å². The van der Waals surface area contributed by atoms with Crippen molar-refractivity contribution in [2.75, 3.05) is 53.0 Å². The van der Waals surface area contributed by atoms with Gasteiger partial charge in [0.2, 0.25) is 11.8 Å². The molecule has 2 atom stereocenters. The number of ether oxygens (including phenoxy) is 1. The number of piperazine rings is 1. The van der Waals surface area contributed by atoms with Gasteiger partial charge in [-0.25, -0.2) is 0 Å². The zero-order valence-corrected chi connectivity index (χ0v) is 14.7. The van der Waals surface area contributed by atoms with Crippen LogP contribution in [0.1, 0.15) is 25.7 Å². The second-order valence-corrected chi connectivity index (χ2v) is 6.84. The maximum Gasteiger partial charge on any atom is 0.248 e. The highest BCUT2D eigenvalue weighted by Crippen LogP contribution is 2.45. The number of amides is 2. The summed E-state index contributed by atoms with van der Waals surface area (Å²) in [6.45, 7) is 4.51. The molecule has 6 nitrogen and oxygen atoms in total. The molecule has 2 heterocycles. The Morgan fingerprint density at radius 1 is 1.17 bits per heavy atom. The number of hydrogen-bond donors (Lipinski definition) is 1. The van der Waals surface area contributed by atoms with Crippen LogP contribution in [0.2, 0.25) is 0 Å². The monoisotopic (exact) mass is 345 g/mol. The molecule has 0 aromatic carbocycles. The Balaban J connectivity index is 0.00000192. The predicted octanol–water partition coefficient (Wildman–Crippen LogP) is 0.505. The minimum absolute atomic E-state index is 0. The van der Waals surface area contributed by atoms with Gasteiger partial charge in [-0.15, -0.1) is 12.4 Å². The van der Waals surface area contributed by atoms with Gasteiger partial charge >= 0.3 is 0 Å². The van der Waals surface area contributed by atoms with E-state index in [-0.39, 0.29) is 30.3 Å². The van der Waals surface area contributed by atoms with Crippen molar-refractivity contribution >= 4 is 24.2 Å². The molecule has 0 unspecified atom stereocenters. The van der Waals surface area contributed by atoms with Crippen LogP contribution < -0.4 is 5.32 Å². The lowest BCUT2D eigenvalue weighted by Crippen LogP contribution is -2.57. The summed E-state index contributed by atoms with van der Waals surface area (Å²) in [6, 6.07) is 0. The van der Waals surface area contributed by atoms with Gasteiger partial charge in [0.15, 0.2) is 0 Å². The van der Waals surface area contributed by atoms with Crippen molar-refractivity contribution in [3.05, 3.63) is 0 Å². The summed E-state index contributed by atoms with van der Waals surface area (Å²) in [5.74, 6) is 0.841. The molecule has 2 aliphatic heterocycles. The fraction of sp³-hybridized carbons (Fsp3) is 0.875. The first-order chi connectivity index (χ1) is 10.7. The van der Waals surface area contributed by atoms with E-state index in [1.165, 1.54) is 20.0 Å². The van der Waals surface area contributed by atoms with Gasteiger partial charge in [-0.1, -0.05) is 12.8 Å². The normalized spacial score (nSPS) is 30.6. The Morgan fingerprint density at radius 2 is 1.87 bits per heavy atom. The summed E-state index contributed by atoms with van der Waals surface area (Å²) in [5, 5.41) is 3.44. The fourth-order valence-corrected chi connectivity index (χ4v) is 4.36. The van der Waals surface area contributed by atoms with E-state index in [4.69, 9.17) is 4.74 Å². The van der Waals surface area contributed by atoms with Gasteiger partial charge in [0.1, 0.15) is 6.61 Å². The topological polar surface area (TPSA) is 61.9 Å². The first kappa shape index (κ1) is 18.5. The molecule has 2 amide bonds. The number of carbonyl (C=O) groups is 2. The first-order valence-electron chi connectivity index (χ1n) is 8.44. The minimum Gasteiger partial charge on any atom is -0.375 e. The lowest BCUT2D eigenvalue weighted by Gasteiger charge is -2.43. The highest BCUT2D eigenvalue weighted by Gasteiger charge is 2.51. The molecule has 0 spiro atoms. The summed E-state index contributed by atoms with van der Waals surface area (Å²) >= 11 is 0. The van der Waals surface area contributed by atoms with Gasteiger partial charge < -0.3 is 19.9 Å². The smallest absolute Gasteiger partial charge is 0.248 e. The molecule has 0 bridgehead atoms. The molecular weight excluding hydrogens is 318 g/mol. The maximum atomic E-state index is 13.1. The quantitative estimate of drug-likeness (QED) is 0.809. The van der Waals surface area contributed by atoms with Crippen molar-refractivity contribution in [2.45, 2.75) is 25.7 Å². The number of methoxy groups -OCH3 is 1. The largest absolute Gasteiger partial charge is 0.375 e. The summed E-state index contributed by atoms with van der Waals surface area (Å²) in [5.41, 5.74) is -0.170. The van der Waals surface area contributed by atoms with Crippen molar-refractivity contribution in [2.24, 2.45) is 11.3 Å². The Kier molecular flexibility index (Phi) is 6.28. The number of carbonyl (C=O) groups excluding carboxylic acids is 2. The number of halogens is 1. The highest BCUT2D eigenvalue weighted by atomic mass is 35.5. The molecule has 3 aliphatic rings. The van der Waals surface area contributed by atoms with Crippen molar-refractivity contribution in [3.8, 4) is 0 Å². The summed E-state index contributed by atoms with van der Waals surface area (Å²) in [4.78, 5) is 28.8. The molecule has 1 N–H and O–H groups in total. The van der Waals surface area contributed by atoms with Gasteiger partial charge in [-0.05, 0) is 25.3 Å². The molecule has 132 valence electrons. The van der Waals surface area contributed by atoms with Crippen LogP contribution in [0.4, 0.5) is 0 Å². The average molecular weight is 346 g/mol. The second kappa shape index (κ2) is 7.81. The van der Waals surface area contributed by atoms with Crippen LogP contribution in [0, 0.1) is 11.3 Å². The van der Waals surface area contributed by atoms with E-state index < -0.39 is 0 Å². The molecular formula is C16H28ClN3O3. The third-order valence-electron chi connectivity index (χ3n) is 5.65. The van der Waals surface area contributed by atoms with Crippen molar-refractivity contribution in [1.82, 2.24) is 15.1 Å². The third-order valence-corrected chi connectivity index (χ3v) is 5.65. The zero-order chi connectivity index (χ0) is 15.6. The molecule has 7 heteroatoms. The van der Waals surface area contributed by atoms with E-state index in [9.17, 15) is 9.59 Å². The number of nitrogens with one attached hydrogen (secondary N) is 1. The predicted molar refractivity (Wildman–Crippen MR) is 89.5 cm³/mol. The Bertz CT molecular complexity index is 440. The van der Waals surface area contributed by atoms with E-state index in [0.29, 0.717) is 38.0 Å². The van der Waals surface area contributed by atoms with Gasteiger partial charge in [0, 0.05) is 39.8 Å². The first-order valence-corrected chi connectivity index (χ1v) is 8.44. The summed E-state index contributed by atoms with van der Waals surface area (Å²) in [6.07, 6.45) is 4.61. The average Bonchev–Trinajstić information content (AvgIpc) is 2.99. The lowest BCUT2D eigenvalue weighted by atomic mass is 9.67. The van der Waals surface area contributed by atoms with E-state index in [2.05, 4.69) is 5.32 Å². The molecule has 1 saturated carbocycles. The van der Waals surface area contributed by atoms with Crippen molar-refractivity contribution in [1.29, 1.82) is 0 Å². The molecule has 3 fully saturated rings. The zero-order valence-electron chi connectivity index (χ0n) is 13.9. The highest BCUT2D eigenvalue weighted by molar-refractivity contribution is 5.85. The van der Waals surface area contributed by atoms with Crippen LogP contribution >= 0.6 is 12.4 Å². The van der Waals surface area contributed by atoms with Crippen molar-refractivity contribution in [3.63, 3.8) is 0 Å². The van der Waals surface area contributed by atoms with Crippen LogP contribution in [-0.4, -0.2) is 74.6 Å². The summed E-state index contributed by atoms with van der Waals surface area (Å²) in [7, 11) is 1.53. The third kappa shape index (κ3) is 3.49. The van der Waals surface area contributed by atoms with Crippen molar-refractivity contribution < 1.29 is 14.3 Å². The SMILES string of the molecule is COCC(=O)N1CCN(C(=O)[C@@]23CCCC[C@H]2CNC3)CC1.Cl. The Labute approximate surface area is 144 Å². The van der Waals surface area contributed by atoms with Crippen LogP contribution in [0.15, 0.2) is 0 Å². The molecule has 1 aliphatic carbocycles. The molecule has 0 aromatic rings.